The topological polar surface area (TPSA) is 36.4 Å². The maximum atomic E-state index is 9.27. The zero-order valence-electron chi connectivity index (χ0n) is 9.13. The Kier molecular flexibility index (Phi) is 3.34. The van der Waals surface area contributed by atoms with Crippen molar-refractivity contribution in [3.05, 3.63) is 30.1 Å². The van der Waals surface area contributed by atoms with Gasteiger partial charge in [-0.1, -0.05) is 6.07 Å². The Morgan fingerprint density at radius 1 is 1.60 bits per heavy atom. The Labute approximate surface area is 90.8 Å². The molecule has 1 aliphatic heterocycles. The maximum Gasteiger partial charge on any atom is 0.0587 e. The van der Waals surface area contributed by atoms with E-state index in [0.717, 1.165) is 18.7 Å². The van der Waals surface area contributed by atoms with Crippen LogP contribution in [0.1, 0.15) is 31.5 Å². The molecule has 0 aromatic carbocycles. The summed E-state index contributed by atoms with van der Waals surface area (Å²) >= 11 is 0. The minimum Gasteiger partial charge on any atom is -0.395 e. The molecule has 1 aromatic heterocycles. The summed E-state index contributed by atoms with van der Waals surface area (Å²) < 4.78 is 0. The molecular weight excluding hydrogens is 188 g/mol. The van der Waals surface area contributed by atoms with Crippen LogP contribution in [-0.4, -0.2) is 34.2 Å². The molecule has 0 unspecified atom stereocenters. The second-order valence-corrected chi connectivity index (χ2v) is 4.15. The summed E-state index contributed by atoms with van der Waals surface area (Å²) in [5, 5.41) is 9.27. The van der Waals surface area contributed by atoms with Crippen molar-refractivity contribution in [3.63, 3.8) is 0 Å². The summed E-state index contributed by atoms with van der Waals surface area (Å²) in [5.41, 5.74) is 1.10. The van der Waals surface area contributed by atoms with E-state index in [0.29, 0.717) is 12.1 Å². The van der Waals surface area contributed by atoms with Crippen LogP contribution in [0.25, 0.3) is 0 Å². The third-order valence-corrected chi connectivity index (χ3v) is 3.25. The van der Waals surface area contributed by atoms with E-state index in [1.54, 1.807) is 0 Å². The van der Waals surface area contributed by atoms with E-state index in [1.165, 1.54) is 6.42 Å². The number of pyridine rings is 1. The monoisotopic (exact) mass is 206 g/mol. The standard InChI is InChI=1S/C12H18N2O/c1-10(12-6-2-3-7-13-12)14-8-4-5-11(14)9-15/h2-3,6-7,10-11,15H,4-5,8-9H2,1H3/t10-,11+/m0/s1. The highest BCUT2D eigenvalue weighted by molar-refractivity contribution is 5.09. The molecule has 1 N–H and O–H groups in total. The molecule has 1 aromatic rings. The van der Waals surface area contributed by atoms with Crippen molar-refractivity contribution >= 4 is 0 Å². The molecule has 0 spiro atoms. The first kappa shape index (κ1) is 10.6. The Morgan fingerprint density at radius 3 is 3.13 bits per heavy atom. The molecule has 2 rings (SSSR count). The van der Waals surface area contributed by atoms with Crippen LogP contribution in [0.15, 0.2) is 24.4 Å². The number of aromatic nitrogens is 1. The predicted molar refractivity (Wildman–Crippen MR) is 59.5 cm³/mol. The predicted octanol–water partition coefficient (Wildman–Crippen LogP) is 1.60. The minimum atomic E-state index is 0.261. The molecule has 2 atom stereocenters. The third-order valence-electron chi connectivity index (χ3n) is 3.25. The number of hydrogen-bond donors (Lipinski definition) is 1. The highest BCUT2D eigenvalue weighted by Gasteiger charge is 2.28. The fraction of sp³-hybridized carbons (Fsp3) is 0.583. The van der Waals surface area contributed by atoms with Gasteiger partial charge in [-0.2, -0.15) is 0 Å². The van der Waals surface area contributed by atoms with Crippen molar-refractivity contribution in [1.29, 1.82) is 0 Å². The quantitative estimate of drug-likeness (QED) is 0.816. The smallest absolute Gasteiger partial charge is 0.0587 e. The Morgan fingerprint density at radius 2 is 2.47 bits per heavy atom. The van der Waals surface area contributed by atoms with Crippen LogP contribution in [0.4, 0.5) is 0 Å². The van der Waals surface area contributed by atoms with Gasteiger partial charge in [0.1, 0.15) is 0 Å². The summed E-state index contributed by atoms with van der Waals surface area (Å²) in [7, 11) is 0. The van der Waals surface area contributed by atoms with E-state index >= 15 is 0 Å². The van der Waals surface area contributed by atoms with Gasteiger partial charge in [0.15, 0.2) is 0 Å². The highest BCUT2D eigenvalue weighted by atomic mass is 16.3. The zero-order chi connectivity index (χ0) is 10.7. The van der Waals surface area contributed by atoms with Gasteiger partial charge in [0.05, 0.1) is 12.3 Å². The van der Waals surface area contributed by atoms with Gasteiger partial charge in [-0.25, -0.2) is 0 Å². The molecule has 0 amide bonds. The zero-order valence-corrected chi connectivity index (χ0v) is 9.13. The van der Waals surface area contributed by atoms with E-state index < -0.39 is 0 Å². The summed E-state index contributed by atoms with van der Waals surface area (Å²) in [6.45, 7) is 3.50. The van der Waals surface area contributed by atoms with Crippen LogP contribution in [0.5, 0.6) is 0 Å². The van der Waals surface area contributed by atoms with Crippen LogP contribution in [0, 0.1) is 0 Å². The second kappa shape index (κ2) is 4.73. The summed E-state index contributed by atoms with van der Waals surface area (Å²) in [6.07, 6.45) is 4.12. The Hall–Kier alpha value is -0.930. The number of nitrogens with zero attached hydrogens (tertiary/aromatic N) is 2. The van der Waals surface area contributed by atoms with Gasteiger partial charge in [0, 0.05) is 18.3 Å². The molecule has 2 heterocycles. The molecule has 1 aliphatic rings. The van der Waals surface area contributed by atoms with Crippen LogP contribution in [-0.2, 0) is 0 Å². The van der Waals surface area contributed by atoms with Gasteiger partial charge in [-0.3, -0.25) is 9.88 Å². The number of aliphatic hydroxyl groups is 1. The van der Waals surface area contributed by atoms with E-state index in [-0.39, 0.29) is 6.61 Å². The normalized spacial score (nSPS) is 24.3. The van der Waals surface area contributed by atoms with Crippen LogP contribution in [0.2, 0.25) is 0 Å². The first-order valence-electron chi connectivity index (χ1n) is 5.60. The molecule has 0 aliphatic carbocycles. The average Bonchev–Trinajstić information content (AvgIpc) is 2.77. The first-order chi connectivity index (χ1) is 7.33. The summed E-state index contributed by atoms with van der Waals surface area (Å²) in [6, 6.07) is 6.64. The Balaban J connectivity index is 2.10. The average molecular weight is 206 g/mol. The lowest BCUT2D eigenvalue weighted by Gasteiger charge is -2.29. The van der Waals surface area contributed by atoms with Gasteiger partial charge in [-0.05, 0) is 38.4 Å². The highest BCUT2D eigenvalue weighted by Crippen LogP contribution is 2.27. The van der Waals surface area contributed by atoms with Crippen LogP contribution >= 0.6 is 0 Å². The number of aliphatic hydroxyl groups excluding tert-OH is 1. The molecule has 1 fully saturated rings. The van der Waals surface area contributed by atoms with Gasteiger partial charge in [0.25, 0.3) is 0 Å². The van der Waals surface area contributed by atoms with E-state index in [1.807, 2.05) is 18.3 Å². The molecule has 3 nitrogen and oxygen atoms in total. The number of rotatable bonds is 3. The molecule has 0 radical (unpaired) electrons. The van der Waals surface area contributed by atoms with E-state index in [2.05, 4.69) is 22.9 Å². The second-order valence-electron chi connectivity index (χ2n) is 4.15. The van der Waals surface area contributed by atoms with Gasteiger partial charge < -0.3 is 5.11 Å². The van der Waals surface area contributed by atoms with Gasteiger partial charge in [-0.15, -0.1) is 0 Å². The summed E-state index contributed by atoms with van der Waals surface area (Å²) in [4.78, 5) is 6.72. The van der Waals surface area contributed by atoms with E-state index in [4.69, 9.17) is 0 Å². The maximum absolute atomic E-state index is 9.27. The van der Waals surface area contributed by atoms with Gasteiger partial charge in [0.2, 0.25) is 0 Å². The number of hydrogen-bond acceptors (Lipinski definition) is 3. The molecule has 0 saturated carbocycles. The third kappa shape index (κ3) is 2.19. The molecule has 0 bridgehead atoms. The lowest BCUT2D eigenvalue weighted by Crippen LogP contribution is -2.34. The van der Waals surface area contributed by atoms with Crippen LogP contribution < -0.4 is 0 Å². The van der Waals surface area contributed by atoms with Crippen LogP contribution in [0.3, 0.4) is 0 Å². The number of likely N-dealkylation sites (tertiary alicyclic amines) is 1. The molecular formula is C12H18N2O. The first-order valence-corrected chi connectivity index (χ1v) is 5.60. The molecule has 82 valence electrons. The lowest BCUT2D eigenvalue weighted by molar-refractivity contribution is 0.124. The lowest BCUT2D eigenvalue weighted by atomic mass is 10.1. The molecule has 1 saturated heterocycles. The summed E-state index contributed by atoms with van der Waals surface area (Å²) in [5.74, 6) is 0. The van der Waals surface area contributed by atoms with Crippen molar-refractivity contribution in [2.45, 2.75) is 31.8 Å². The minimum absolute atomic E-state index is 0.261. The largest absolute Gasteiger partial charge is 0.395 e. The van der Waals surface area contributed by atoms with Crippen molar-refractivity contribution in [1.82, 2.24) is 9.88 Å². The fourth-order valence-corrected chi connectivity index (χ4v) is 2.36. The van der Waals surface area contributed by atoms with Crippen molar-refractivity contribution < 1.29 is 5.11 Å². The van der Waals surface area contributed by atoms with E-state index in [9.17, 15) is 5.11 Å². The molecule has 15 heavy (non-hydrogen) atoms. The molecule has 3 heteroatoms. The van der Waals surface area contributed by atoms with Gasteiger partial charge >= 0.3 is 0 Å². The van der Waals surface area contributed by atoms with Crippen molar-refractivity contribution in [2.75, 3.05) is 13.2 Å². The van der Waals surface area contributed by atoms with Crippen molar-refractivity contribution in [3.8, 4) is 0 Å². The SMILES string of the molecule is C[C@@H](c1ccccn1)N1CCC[C@@H]1CO. The fourth-order valence-electron chi connectivity index (χ4n) is 2.36. The Bertz CT molecular complexity index is 302. The van der Waals surface area contributed by atoms with Crippen molar-refractivity contribution in [2.24, 2.45) is 0 Å².